The largest absolute Gasteiger partial charge is 0.380 e. The molecule has 5 heteroatoms. The Morgan fingerprint density at radius 3 is 2.35 bits per heavy atom. The van der Waals surface area contributed by atoms with Crippen LogP contribution in [-0.4, -0.2) is 46.9 Å². The van der Waals surface area contributed by atoms with Crippen LogP contribution in [0.15, 0.2) is 12.4 Å². The van der Waals surface area contributed by atoms with Crippen molar-refractivity contribution in [3.8, 4) is 0 Å². The Balaban J connectivity index is 0.000000704. The number of hydrogen-bond acceptors (Lipinski definition) is 3. The van der Waals surface area contributed by atoms with Crippen molar-refractivity contribution in [1.29, 1.82) is 0 Å². The van der Waals surface area contributed by atoms with Gasteiger partial charge >= 0.3 is 0 Å². The van der Waals surface area contributed by atoms with Gasteiger partial charge in [0.15, 0.2) is 0 Å². The monoisotopic (exact) mass is 279 g/mol. The molecule has 0 atom stereocenters. The third-order valence-corrected chi connectivity index (χ3v) is 3.96. The second-order valence-corrected chi connectivity index (χ2v) is 6.18. The second-order valence-electron chi connectivity index (χ2n) is 6.18. The maximum atomic E-state index is 12.5. The molecule has 3 heterocycles. The number of rotatable bonds is 2. The molecule has 1 aromatic heterocycles. The van der Waals surface area contributed by atoms with Crippen LogP contribution in [0.25, 0.3) is 0 Å². The van der Waals surface area contributed by atoms with E-state index < -0.39 is 5.54 Å². The van der Waals surface area contributed by atoms with E-state index in [0.717, 1.165) is 31.9 Å². The lowest BCUT2D eigenvalue weighted by atomic mass is 9.77. The first kappa shape index (κ1) is 15.0. The molecule has 3 rings (SSSR count). The number of carbonyl (C=O) groups excluding carboxylic acids is 1. The van der Waals surface area contributed by atoms with E-state index in [1.54, 1.807) is 10.9 Å². The summed E-state index contributed by atoms with van der Waals surface area (Å²) in [6.45, 7) is 13.1. The lowest BCUT2D eigenvalue weighted by molar-refractivity contribution is -0.199. The summed E-state index contributed by atoms with van der Waals surface area (Å²) >= 11 is 0. The maximum Gasteiger partial charge on any atom is 0.250 e. The summed E-state index contributed by atoms with van der Waals surface area (Å²) in [4.78, 5) is 14.4. The van der Waals surface area contributed by atoms with Crippen molar-refractivity contribution in [1.82, 2.24) is 14.7 Å². The molecule has 1 aromatic rings. The van der Waals surface area contributed by atoms with Gasteiger partial charge in [-0.2, -0.15) is 5.10 Å². The van der Waals surface area contributed by atoms with E-state index >= 15 is 0 Å². The number of carbonyl (C=O) groups is 1. The molecule has 20 heavy (non-hydrogen) atoms. The van der Waals surface area contributed by atoms with Crippen LogP contribution >= 0.6 is 0 Å². The third-order valence-electron chi connectivity index (χ3n) is 3.96. The van der Waals surface area contributed by atoms with Crippen LogP contribution in [0.4, 0.5) is 0 Å². The van der Waals surface area contributed by atoms with Gasteiger partial charge < -0.3 is 9.64 Å². The maximum absolute atomic E-state index is 12.5. The molecule has 0 saturated carbocycles. The first-order valence-electron chi connectivity index (χ1n) is 7.32. The van der Waals surface area contributed by atoms with Gasteiger partial charge in [0.2, 0.25) is 5.91 Å². The number of likely N-dealkylation sites (tertiary alicyclic amines) is 1. The smallest absolute Gasteiger partial charge is 0.250 e. The standard InChI is InChI=1S/C13H19N3O2.C2H6/c1-10-4-14-16(5-10)12(2,3)11(17)15-6-13(7-15)8-18-9-13;1-2/h4-5H,6-9H2,1-3H3;1-2H3. The molecule has 1 amide bonds. The summed E-state index contributed by atoms with van der Waals surface area (Å²) < 4.78 is 6.98. The molecule has 2 aliphatic rings. The Labute approximate surface area is 120 Å². The number of ether oxygens (including phenoxy) is 1. The molecule has 2 saturated heterocycles. The van der Waals surface area contributed by atoms with Crippen molar-refractivity contribution in [3.05, 3.63) is 18.0 Å². The fourth-order valence-corrected chi connectivity index (χ4v) is 2.68. The van der Waals surface area contributed by atoms with E-state index in [9.17, 15) is 4.79 Å². The van der Waals surface area contributed by atoms with Crippen LogP contribution < -0.4 is 0 Å². The normalized spacial score (nSPS) is 19.8. The van der Waals surface area contributed by atoms with Crippen LogP contribution in [0.2, 0.25) is 0 Å². The molecule has 2 fully saturated rings. The molecule has 0 unspecified atom stereocenters. The Morgan fingerprint density at radius 1 is 1.35 bits per heavy atom. The molecule has 0 N–H and O–H groups in total. The Hall–Kier alpha value is -1.36. The average Bonchev–Trinajstić information content (AvgIpc) is 2.75. The van der Waals surface area contributed by atoms with Gasteiger partial charge in [0.1, 0.15) is 5.54 Å². The summed E-state index contributed by atoms with van der Waals surface area (Å²) in [5.74, 6) is 0.142. The number of hydrogen-bond donors (Lipinski definition) is 0. The molecule has 112 valence electrons. The van der Waals surface area contributed by atoms with Gasteiger partial charge in [-0.1, -0.05) is 13.8 Å². The minimum atomic E-state index is -0.611. The van der Waals surface area contributed by atoms with Gasteiger partial charge in [0.05, 0.1) is 24.8 Å². The van der Waals surface area contributed by atoms with Crippen LogP contribution in [0, 0.1) is 12.3 Å². The van der Waals surface area contributed by atoms with Gasteiger partial charge in [0, 0.05) is 19.3 Å². The first-order valence-corrected chi connectivity index (χ1v) is 7.32. The molecule has 1 spiro atoms. The van der Waals surface area contributed by atoms with Gasteiger partial charge in [-0.3, -0.25) is 9.48 Å². The van der Waals surface area contributed by atoms with Gasteiger partial charge in [-0.15, -0.1) is 0 Å². The quantitative estimate of drug-likeness (QED) is 0.829. The Bertz CT molecular complexity index is 481. The molecular weight excluding hydrogens is 254 g/mol. The minimum absolute atomic E-state index is 0.142. The zero-order valence-corrected chi connectivity index (χ0v) is 13.1. The number of amides is 1. The number of aromatic nitrogens is 2. The van der Waals surface area contributed by atoms with Gasteiger partial charge in [0.25, 0.3) is 0 Å². The summed E-state index contributed by atoms with van der Waals surface area (Å²) in [5, 5.41) is 4.26. The molecule has 0 aromatic carbocycles. The van der Waals surface area contributed by atoms with Gasteiger partial charge in [-0.25, -0.2) is 0 Å². The number of aryl methyl sites for hydroxylation is 1. The fraction of sp³-hybridized carbons (Fsp3) is 0.733. The summed E-state index contributed by atoms with van der Waals surface area (Å²) in [5.41, 5.74) is 0.732. The van der Waals surface area contributed by atoms with Crippen molar-refractivity contribution < 1.29 is 9.53 Å². The molecule has 0 radical (unpaired) electrons. The lowest BCUT2D eigenvalue weighted by Gasteiger charge is -2.56. The highest BCUT2D eigenvalue weighted by Gasteiger charge is 2.53. The first-order chi connectivity index (χ1) is 9.43. The zero-order valence-electron chi connectivity index (χ0n) is 13.1. The predicted octanol–water partition coefficient (Wildman–Crippen LogP) is 1.81. The van der Waals surface area contributed by atoms with Crippen LogP contribution in [0.5, 0.6) is 0 Å². The van der Waals surface area contributed by atoms with E-state index in [1.807, 2.05) is 45.7 Å². The second kappa shape index (κ2) is 5.20. The lowest BCUT2D eigenvalue weighted by Crippen LogP contribution is -2.69. The summed E-state index contributed by atoms with van der Waals surface area (Å²) in [7, 11) is 0. The van der Waals surface area contributed by atoms with Crippen molar-refractivity contribution in [2.75, 3.05) is 26.3 Å². The van der Waals surface area contributed by atoms with E-state index in [0.29, 0.717) is 0 Å². The molecule has 5 nitrogen and oxygen atoms in total. The van der Waals surface area contributed by atoms with Crippen molar-refractivity contribution in [2.45, 2.75) is 40.2 Å². The Morgan fingerprint density at radius 2 is 1.95 bits per heavy atom. The van der Waals surface area contributed by atoms with Crippen LogP contribution in [0.3, 0.4) is 0 Å². The van der Waals surface area contributed by atoms with E-state index in [-0.39, 0.29) is 11.3 Å². The summed E-state index contributed by atoms with van der Waals surface area (Å²) in [6, 6.07) is 0. The SMILES string of the molecule is CC.Cc1cnn(C(C)(C)C(=O)N2CC3(COC3)C2)c1. The fourth-order valence-electron chi connectivity index (χ4n) is 2.68. The van der Waals surface area contributed by atoms with Gasteiger partial charge in [-0.05, 0) is 26.3 Å². The average molecular weight is 279 g/mol. The van der Waals surface area contributed by atoms with Crippen molar-refractivity contribution in [3.63, 3.8) is 0 Å². The number of nitrogens with zero attached hydrogens (tertiary/aromatic N) is 3. The highest BCUT2D eigenvalue weighted by molar-refractivity contribution is 5.84. The van der Waals surface area contributed by atoms with E-state index in [1.165, 1.54) is 0 Å². The zero-order chi connectivity index (χ0) is 15.0. The van der Waals surface area contributed by atoms with Crippen molar-refractivity contribution >= 4 is 5.91 Å². The topological polar surface area (TPSA) is 47.4 Å². The van der Waals surface area contributed by atoms with Crippen LogP contribution in [0.1, 0.15) is 33.3 Å². The molecule has 0 aliphatic carbocycles. The highest BCUT2D eigenvalue weighted by atomic mass is 16.5. The van der Waals surface area contributed by atoms with E-state index in [4.69, 9.17) is 4.74 Å². The minimum Gasteiger partial charge on any atom is -0.380 e. The predicted molar refractivity (Wildman–Crippen MR) is 77.5 cm³/mol. The molecule has 2 aliphatic heterocycles. The highest BCUT2D eigenvalue weighted by Crippen LogP contribution is 2.39. The third kappa shape index (κ3) is 2.35. The Kier molecular flexibility index (Phi) is 3.91. The van der Waals surface area contributed by atoms with Crippen molar-refractivity contribution in [2.24, 2.45) is 5.41 Å². The van der Waals surface area contributed by atoms with E-state index in [2.05, 4.69) is 5.10 Å². The van der Waals surface area contributed by atoms with Crippen LogP contribution in [-0.2, 0) is 15.1 Å². The summed E-state index contributed by atoms with van der Waals surface area (Å²) in [6.07, 6.45) is 3.70. The molecule has 0 bridgehead atoms. The molecular formula is C15H25N3O2.